The van der Waals surface area contributed by atoms with Crippen molar-refractivity contribution in [3.8, 4) is 11.5 Å². The van der Waals surface area contributed by atoms with Gasteiger partial charge in [-0.3, -0.25) is 9.78 Å². The molecule has 1 saturated heterocycles. The van der Waals surface area contributed by atoms with Gasteiger partial charge in [0.15, 0.2) is 11.5 Å². The number of nitrogens with zero attached hydrogens (tertiary/aromatic N) is 3. The summed E-state index contributed by atoms with van der Waals surface area (Å²) in [5.41, 5.74) is 3.56. The first kappa shape index (κ1) is 22.2. The van der Waals surface area contributed by atoms with Crippen molar-refractivity contribution >= 4 is 23.3 Å². The summed E-state index contributed by atoms with van der Waals surface area (Å²) in [7, 11) is 0. The van der Waals surface area contributed by atoms with Gasteiger partial charge in [-0.25, -0.2) is 0 Å². The predicted molar refractivity (Wildman–Crippen MR) is 130 cm³/mol. The van der Waals surface area contributed by atoms with E-state index >= 15 is 0 Å². The number of benzene rings is 1. The van der Waals surface area contributed by atoms with E-state index in [0.717, 1.165) is 68.3 Å². The van der Waals surface area contributed by atoms with E-state index < -0.39 is 0 Å². The zero-order valence-corrected chi connectivity index (χ0v) is 19.4. The lowest BCUT2D eigenvalue weighted by Crippen LogP contribution is -2.43. The van der Waals surface area contributed by atoms with Crippen LogP contribution in [0.15, 0.2) is 47.4 Å². The van der Waals surface area contributed by atoms with Crippen LogP contribution in [0.2, 0.25) is 0 Å². The molecule has 0 amide bonds. The van der Waals surface area contributed by atoms with E-state index in [-0.39, 0.29) is 18.0 Å². The highest BCUT2D eigenvalue weighted by Gasteiger charge is 2.28. The van der Waals surface area contributed by atoms with Gasteiger partial charge in [0.05, 0.1) is 17.4 Å². The summed E-state index contributed by atoms with van der Waals surface area (Å²) in [6.45, 7) is 5.87. The fraction of sp³-hybridized carbons (Fsp3) is 0.440. The van der Waals surface area contributed by atoms with E-state index in [2.05, 4.69) is 33.4 Å². The maximum absolute atomic E-state index is 12.4. The maximum atomic E-state index is 12.4. The Balaban J connectivity index is 0.00000228. The zero-order valence-electron chi connectivity index (χ0n) is 18.5. The number of nitrogens with one attached hydrogen (secondary N) is 1. The number of fused-ring (bicyclic) bond motifs is 1. The van der Waals surface area contributed by atoms with Crippen LogP contribution in [0, 0.1) is 0 Å². The molecule has 0 aliphatic carbocycles. The highest BCUT2D eigenvalue weighted by Crippen LogP contribution is 2.33. The van der Waals surface area contributed by atoms with Crippen molar-refractivity contribution in [2.45, 2.75) is 37.9 Å². The standard InChI is InChI=1S/C25H28N4O3.ClH/c30-24-5-4-17-2-1-3-21-18(16-29(24)25(17)21)15-28-8-6-19(7-9-28)26-13-20-12-22-23(14-27-20)32-11-10-31-22;/h1-5,12,14,18-19,26H,6-11,13,15-16H2;1H. The fourth-order valence-corrected chi connectivity index (χ4v) is 5.34. The second-order valence-electron chi connectivity index (χ2n) is 9.04. The monoisotopic (exact) mass is 468 g/mol. The molecular formula is C25H29ClN4O3. The largest absolute Gasteiger partial charge is 0.486 e. The smallest absolute Gasteiger partial charge is 0.251 e. The minimum Gasteiger partial charge on any atom is -0.486 e. The van der Waals surface area contributed by atoms with Gasteiger partial charge in [0.1, 0.15) is 13.2 Å². The molecule has 5 heterocycles. The van der Waals surface area contributed by atoms with Crippen LogP contribution in [0.4, 0.5) is 0 Å². The Hall–Kier alpha value is -2.61. The molecule has 174 valence electrons. The summed E-state index contributed by atoms with van der Waals surface area (Å²) in [4.78, 5) is 19.4. The Labute approximate surface area is 199 Å². The van der Waals surface area contributed by atoms with Crippen LogP contribution in [0.5, 0.6) is 11.5 Å². The van der Waals surface area contributed by atoms with Crippen LogP contribution in [0.1, 0.15) is 30.0 Å². The van der Waals surface area contributed by atoms with Gasteiger partial charge < -0.3 is 24.3 Å². The Morgan fingerprint density at radius 3 is 2.73 bits per heavy atom. The van der Waals surface area contributed by atoms with Crippen molar-refractivity contribution < 1.29 is 9.47 Å². The average molecular weight is 469 g/mol. The Morgan fingerprint density at radius 1 is 1.06 bits per heavy atom. The van der Waals surface area contributed by atoms with Gasteiger partial charge >= 0.3 is 0 Å². The molecule has 3 aliphatic rings. The number of para-hydroxylation sites is 1. The molecule has 6 rings (SSSR count). The van der Waals surface area contributed by atoms with Crippen LogP contribution >= 0.6 is 12.4 Å². The van der Waals surface area contributed by atoms with E-state index in [9.17, 15) is 4.79 Å². The average Bonchev–Trinajstić information content (AvgIpc) is 3.21. The van der Waals surface area contributed by atoms with Gasteiger partial charge in [0.25, 0.3) is 5.56 Å². The third kappa shape index (κ3) is 4.33. The molecule has 33 heavy (non-hydrogen) atoms. The number of pyridine rings is 2. The molecule has 1 N–H and O–H groups in total. The van der Waals surface area contributed by atoms with Crippen LogP contribution in [-0.2, 0) is 13.1 Å². The minimum absolute atomic E-state index is 0. The molecule has 1 aromatic carbocycles. The van der Waals surface area contributed by atoms with Crippen molar-refractivity contribution in [2.75, 3.05) is 32.8 Å². The van der Waals surface area contributed by atoms with Crippen molar-refractivity contribution in [3.05, 3.63) is 64.2 Å². The summed E-state index contributed by atoms with van der Waals surface area (Å²) < 4.78 is 13.2. The summed E-state index contributed by atoms with van der Waals surface area (Å²) in [6, 6.07) is 12.5. The highest BCUT2D eigenvalue weighted by molar-refractivity contribution is 5.85. The normalized spacial score (nSPS) is 20.1. The van der Waals surface area contributed by atoms with Gasteiger partial charge in [-0.1, -0.05) is 18.2 Å². The van der Waals surface area contributed by atoms with Crippen molar-refractivity contribution in [3.63, 3.8) is 0 Å². The Morgan fingerprint density at radius 2 is 1.88 bits per heavy atom. The van der Waals surface area contributed by atoms with Gasteiger partial charge in [-0.15, -0.1) is 12.4 Å². The van der Waals surface area contributed by atoms with Crippen molar-refractivity contribution in [1.82, 2.24) is 19.8 Å². The molecule has 3 aromatic rings. The molecule has 1 unspecified atom stereocenters. The van der Waals surface area contributed by atoms with E-state index in [1.807, 2.05) is 16.7 Å². The van der Waals surface area contributed by atoms with Gasteiger partial charge in [-0.05, 0) is 42.9 Å². The molecule has 2 aromatic heterocycles. The van der Waals surface area contributed by atoms with E-state index in [1.165, 1.54) is 10.9 Å². The maximum Gasteiger partial charge on any atom is 0.251 e. The van der Waals surface area contributed by atoms with Crippen molar-refractivity contribution in [2.24, 2.45) is 0 Å². The fourth-order valence-electron chi connectivity index (χ4n) is 5.34. The first-order valence-electron chi connectivity index (χ1n) is 11.6. The first-order valence-corrected chi connectivity index (χ1v) is 11.6. The summed E-state index contributed by atoms with van der Waals surface area (Å²) in [5.74, 6) is 1.92. The SMILES string of the molecule is Cl.O=c1ccc2cccc3c2n1CC3CN1CCC(NCc2cc3c(cn2)OCCO3)CC1. The molecule has 0 spiro atoms. The van der Waals surface area contributed by atoms with Crippen LogP contribution in [-0.4, -0.2) is 53.3 Å². The lowest BCUT2D eigenvalue weighted by Gasteiger charge is -2.34. The van der Waals surface area contributed by atoms with Crippen LogP contribution in [0.3, 0.4) is 0 Å². The Kier molecular flexibility index (Phi) is 6.27. The van der Waals surface area contributed by atoms with Gasteiger partial charge in [0.2, 0.25) is 0 Å². The third-order valence-corrected chi connectivity index (χ3v) is 7.01. The van der Waals surface area contributed by atoms with Gasteiger partial charge in [-0.2, -0.15) is 0 Å². The van der Waals surface area contributed by atoms with Crippen LogP contribution in [0.25, 0.3) is 10.9 Å². The third-order valence-electron chi connectivity index (χ3n) is 7.01. The molecule has 1 fully saturated rings. The Bertz CT molecular complexity index is 1210. The van der Waals surface area contributed by atoms with E-state index in [0.29, 0.717) is 25.2 Å². The van der Waals surface area contributed by atoms with Crippen molar-refractivity contribution in [1.29, 1.82) is 0 Å². The number of hydrogen-bond donors (Lipinski definition) is 1. The highest BCUT2D eigenvalue weighted by atomic mass is 35.5. The molecule has 7 nitrogen and oxygen atoms in total. The lowest BCUT2D eigenvalue weighted by molar-refractivity contribution is 0.170. The second kappa shape index (κ2) is 9.33. The minimum atomic E-state index is 0. The molecular weight excluding hydrogens is 440 g/mol. The van der Waals surface area contributed by atoms with E-state index in [4.69, 9.17) is 9.47 Å². The number of rotatable bonds is 5. The molecule has 0 bridgehead atoms. The number of halogens is 1. The summed E-state index contributed by atoms with van der Waals surface area (Å²) >= 11 is 0. The first-order chi connectivity index (χ1) is 15.7. The lowest BCUT2D eigenvalue weighted by atomic mass is 9.97. The molecule has 0 saturated carbocycles. The molecule has 3 aliphatic heterocycles. The molecule has 8 heteroatoms. The number of ether oxygens (including phenoxy) is 2. The number of likely N-dealkylation sites (tertiary alicyclic amines) is 1. The number of hydrogen-bond acceptors (Lipinski definition) is 6. The second-order valence-corrected chi connectivity index (χ2v) is 9.04. The topological polar surface area (TPSA) is 68.6 Å². The summed E-state index contributed by atoms with van der Waals surface area (Å²) in [5, 5.41) is 4.83. The predicted octanol–water partition coefficient (Wildman–Crippen LogP) is 2.94. The molecule has 1 atom stereocenters. The molecule has 0 radical (unpaired) electrons. The summed E-state index contributed by atoms with van der Waals surface area (Å²) in [6.07, 6.45) is 4.00. The van der Waals surface area contributed by atoms with E-state index in [1.54, 1.807) is 12.3 Å². The van der Waals surface area contributed by atoms with Crippen LogP contribution < -0.4 is 20.3 Å². The van der Waals surface area contributed by atoms with Gasteiger partial charge in [0, 0.05) is 43.7 Å². The number of piperidine rings is 1. The number of aromatic nitrogens is 2. The quantitative estimate of drug-likeness (QED) is 0.621. The zero-order chi connectivity index (χ0) is 21.5.